The van der Waals surface area contributed by atoms with Gasteiger partial charge in [-0.1, -0.05) is 29.8 Å². The van der Waals surface area contributed by atoms with Crippen molar-refractivity contribution in [3.05, 3.63) is 64.0 Å². The Morgan fingerprint density at radius 1 is 1.11 bits per heavy atom. The molecule has 0 radical (unpaired) electrons. The van der Waals surface area contributed by atoms with Gasteiger partial charge in [0.1, 0.15) is 5.69 Å². The van der Waals surface area contributed by atoms with E-state index in [0.29, 0.717) is 22.0 Å². The average Bonchev–Trinajstić information content (AvgIpc) is 2.39. The van der Waals surface area contributed by atoms with Gasteiger partial charge in [-0.05, 0) is 24.3 Å². The number of carbonyl (C=O) groups is 1. The summed E-state index contributed by atoms with van der Waals surface area (Å²) in [5.41, 5.74) is 1.17. The maximum Gasteiger partial charge on any atom is 0.276 e. The molecule has 2 N–H and O–H groups in total. The van der Waals surface area contributed by atoms with Crippen LogP contribution in [0.3, 0.4) is 0 Å². The van der Waals surface area contributed by atoms with Crippen LogP contribution in [0.25, 0.3) is 0 Å². The molecule has 5 heteroatoms. The molecule has 2 aromatic carbocycles. The predicted octanol–water partition coefficient (Wildman–Crippen LogP) is 2.07. The van der Waals surface area contributed by atoms with Crippen molar-refractivity contribution in [1.82, 2.24) is 0 Å². The zero-order chi connectivity index (χ0) is 13.0. The summed E-state index contributed by atoms with van der Waals surface area (Å²) in [6, 6.07) is 13.2. The average molecular weight is 262 g/mol. The summed E-state index contributed by atoms with van der Waals surface area (Å²) < 4.78 is 0. The second-order valence-electron chi connectivity index (χ2n) is 3.61. The van der Waals surface area contributed by atoms with Gasteiger partial charge < -0.3 is 5.32 Å². The van der Waals surface area contributed by atoms with E-state index < -0.39 is 0 Å². The van der Waals surface area contributed by atoms with E-state index in [2.05, 4.69) is 5.32 Å². The molecule has 0 unspecified atom stereocenters. The first-order chi connectivity index (χ1) is 8.70. The quantitative estimate of drug-likeness (QED) is 0.889. The number of amides is 1. The lowest BCUT2D eigenvalue weighted by atomic mass is 10.2. The maximum atomic E-state index is 11.9. The molecular formula is C13H10ClN2O2+. The fraction of sp³-hybridized carbons (Fsp3) is 0. The van der Waals surface area contributed by atoms with Crippen LogP contribution in [0.15, 0.2) is 48.5 Å². The van der Waals surface area contributed by atoms with Crippen LogP contribution in [-0.4, -0.2) is 5.91 Å². The van der Waals surface area contributed by atoms with Crippen molar-refractivity contribution in [3.8, 4) is 0 Å². The molecule has 18 heavy (non-hydrogen) atoms. The highest BCUT2D eigenvalue weighted by molar-refractivity contribution is 6.31. The van der Waals surface area contributed by atoms with Crippen LogP contribution < -0.4 is 10.5 Å². The summed E-state index contributed by atoms with van der Waals surface area (Å²) in [6.45, 7) is 0. The molecule has 2 aromatic rings. The van der Waals surface area contributed by atoms with Crippen LogP contribution >= 0.6 is 11.6 Å². The molecule has 0 bridgehead atoms. The van der Waals surface area contributed by atoms with E-state index in [1.165, 1.54) is 0 Å². The molecule has 0 spiro atoms. The van der Waals surface area contributed by atoms with Crippen molar-refractivity contribution in [2.24, 2.45) is 0 Å². The minimum absolute atomic E-state index is 0.313. The summed E-state index contributed by atoms with van der Waals surface area (Å²) in [7, 11) is 0. The van der Waals surface area contributed by atoms with E-state index in [1.54, 1.807) is 53.7 Å². The topological polar surface area (TPSA) is 60.1 Å². The van der Waals surface area contributed by atoms with Crippen LogP contribution in [0.4, 0.5) is 11.4 Å². The maximum absolute atomic E-state index is 11.9. The molecule has 0 aliphatic heterocycles. The van der Waals surface area contributed by atoms with E-state index in [-0.39, 0.29) is 5.91 Å². The third kappa shape index (κ3) is 2.73. The number of carbonyl (C=O) groups excluding carboxylic acids is 1. The van der Waals surface area contributed by atoms with Gasteiger partial charge in [-0.15, -0.1) is 0 Å². The van der Waals surface area contributed by atoms with Crippen LogP contribution in [-0.2, 0) is 0 Å². The summed E-state index contributed by atoms with van der Waals surface area (Å²) in [6.07, 6.45) is 0. The highest BCUT2D eigenvalue weighted by Gasteiger charge is 2.12. The largest absolute Gasteiger partial charge is 0.316 e. The van der Waals surface area contributed by atoms with Crippen molar-refractivity contribution in [1.29, 1.82) is 0 Å². The van der Waals surface area contributed by atoms with Gasteiger partial charge in [0, 0.05) is 26.7 Å². The highest BCUT2D eigenvalue weighted by atomic mass is 35.5. The first kappa shape index (κ1) is 12.3. The Labute approximate surface area is 109 Å². The van der Waals surface area contributed by atoms with E-state index in [9.17, 15) is 9.70 Å². The van der Waals surface area contributed by atoms with E-state index in [1.807, 2.05) is 0 Å². The Balaban J connectivity index is 2.24. The lowest BCUT2D eigenvalue weighted by Crippen LogP contribution is -2.56. The normalized spacial score (nSPS) is 9.83. The Hall–Kier alpha value is -2.20. The number of anilines is 1. The number of hydrogen-bond acceptors (Lipinski definition) is 2. The van der Waals surface area contributed by atoms with Gasteiger partial charge in [0.05, 0.1) is 0 Å². The molecule has 0 heterocycles. The Kier molecular flexibility index (Phi) is 3.69. The molecule has 0 aromatic heterocycles. The number of para-hydroxylation sites is 2. The molecule has 90 valence electrons. The molecule has 1 amide bonds. The van der Waals surface area contributed by atoms with Crippen LogP contribution in [0.5, 0.6) is 0 Å². The minimum Gasteiger partial charge on any atom is -0.316 e. The SMILES string of the molecule is O=[NH+]c1ccccc1NC(=O)c1cccc(Cl)c1. The number of halogens is 1. The molecule has 0 aliphatic rings. The van der Waals surface area contributed by atoms with E-state index in [0.717, 1.165) is 0 Å². The third-order valence-corrected chi connectivity index (χ3v) is 2.61. The fourth-order valence-corrected chi connectivity index (χ4v) is 1.70. The van der Waals surface area contributed by atoms with Gasteiger partial charge in [-0.25, -0.2) is 0 Å². The van der Waals surface area contributed by atoms with Gasteiger partial charge in [0.25, 0.3) is 11.6 Å². The predicted molar refractivity (Wildman–Crippen MR) is 69.8 cm³/mol. The van der Waals surface area contributed by atoms with Gasteiger partial charge in [-0.3, -0.25) is 4.79 Å². The number of nitroso groups, excluding NO2 is 1. The zero-order valence-electron chi connectivity index (χ0n) is 9.31. The van der Waals surface area contributed by atoms with Gasteiger partial charge in [0.2, 0.25) is 0 Å². The Morgan fingerprint density at radius 3 is 2.61 bits per heavy atom. The summed E-state index contributed by atoms with van der Waals surface area (Å²) in [4.78, 5) is 22.6. The monoisotopic (exact) mass is 261 g/mol. The van der Waals surface area contributed by atoms with Crippen molar-refractivity contribution in [2.75, 3.05) is 5.32 Å². The van der Waals surface area contributed by atoms with Crippen molar-refractivity contribution in [2.45, 2.75) is 0 Å². The van der Waals surface area contributed by atoms with Crippen LogP contribution in [0.1, 0.15) is 10.4 Å². The van der Waals surface area contributed by atoms with Gasteiger partial charge in [-0.2, -0.15) is 0 Å². The Morgan fingerprint density at radius 2 is 1.89 bits per heavy atom. The number of hydrogen-bond donors (Lipinski definition) is 2. The molecular weight excluding hydrogens is 252 g/mol. The zero-order valence-corrected chi connectivity index (χ0v) is 10.1. The Bertz CT molecular complexity index is 599. The second-order valence-corrected chi connectivity index (χ2v) is 4.05. The number of nitrogens with one attached hydrogen (secondary N) is 2. The second kappa shape index (κ2) is 5.42. The number of benzene rings is 2. The third-order valence-electron chi connectivity index (χ3n) is 2.37. The molecule has 4 nitrogen and oxygen atoms in total. The minimum atomic E-state index is -0.319. The standard InChI is InChI=1S/C13H9ClN2O2/c14-10-5-3-4-9(8-10)13(17)15-11-6-1-2-7-12(11)16-18/h1-8H,(H,15,17)/p+1. The number of rotatable bonds is 3. The van der Waals surface area contributed by atoms with Gasteiger partial charge in [0.15, 0.2) is 0 Å². The van der Waals surface area contributed by atoms with E-state index in [4.69, 9.17) is 11.6 Å². The molecule has 0 aliphatic carbocycles. The molecule has 2 rings (SSSR count). The van der Waals surface area contributed by atoms with Crippen molar-refractivity contribution < 1.29 is 9.97 Å². The van der Waals surface area contributed by atoms with E-state index >= 15 is 0 Å². The highest BCUT2D eigenvalue weighted by Crippen LogP contribution is 2.17. The van der Waals surface area contributed by atoms with Crippen molar-refractivity contribution in [3.63, 3.8) is 0 Å². The summed E-state index contributed by atoms with van der Waals surface area (Å²) >= 11 is 5.81. The summed E-state index contributed by atoms with van der Waals surface area (Å²) in [5, 5.41) is 4.90. The van der Waals surface area contributed by atoms with Crippen LogP contribution in [0.2, 0.25) is 5.02 Å². The molecule has 0 saturated carbocycles. The van der Waals surface area contributed by atoms with Crippen molar-refractivity contribution >= 4 is 28.9 Å². The van der Waals surface area contributed by atoms with Crippen LogP contribution in [0, 0.1) is 4.91 Å². The van der Waals surface area contributed by atoms with Gasteiger partial charge >= 0.3 is 0 Å². The molecule has 0 atom stereocenters. The first-order valence-electron chi connectivity index (χ1n) is 5.25. The lowest BCUT2D eigenvalue weighted by molar-refractivity contribution is -0.378. The summed E-state index contributed by atoms with van der Waals surface area (Å²) in [5.74, 6) is -0.319. The smallest absolute Gasteiger partial charge is 0.276 e. The fourth-order valence-electron chi connectivity index (χ4n) is 1.51. The molecule has 0 saturated heterocycles. The lowest BCUT2D eigenvalue weighted by Gasteiger charge is -2.04. The molecule has 0 fully saturated rings. The first-order valence-corrected chi connectivity index (χ1v) is 5.62.